The van der Waals surface area contributed by atoms with Gasteiger partial charge in [-0.2, -0.15) is 0 Å². The van der Waals surface area contributed by atoms with E-state index in [1.54, 1.807) is 0 Å². The van der Waals surface area contributed by atoms with Crippen molar-refractivity contribution in [2.24, 2.45) is 0 Å². The van der Waals surface area contributed by atoms with Crippen molar-refractivity contribution < 1.29 is 13.9 Å². The Morgan fingerprint density at radius 2 is 1.80 bits per heavy atom. The number of anilines is 1. The molecular weight excluding hydrogens is 257 g/mol. The highest BCUT2D eigenvalue weighted by Gasteiger charge is 2.14. The van der Waals surface area contributed by atoms with Crippen molar-refractivity contribution in [2.45, 2.75) is 6.42 Å². The molecule has 0 spiro atoms. The first kappa shape index (κ1) is 12.8. The molecule has 0 amide bonds. The van der Waals surface area contributed by atoms with Crippen LogP contribution in [-0.2, 0) is 6.42 Å². The van der Waals surface area contributed by atoms with E-state index in [4.69, 9.17) is 9.47 Å². The Balaban J connectivity index is 1.64. The van der Waals surface area contributed by atoms with Gasteiger partial charge in [0.1, 0.15) is 5.82 Å². The molecule has 0 aromatic heterocycles. The summed E-state index contributed by atoms with van der Waals surface area (Å²) in [5.41, 5.74) is 2.20. The zero-order valence-corrected chi connectivity index (χ0v) is 11.3. The summed E-state index contributed by atoms with van der Waals surface area (Å²) in [5.74, 6) is 1.38. The monoisotopic (exact) mass is 273 g/mol. The minimum atomic E-state index is -0.196. The molecule has 2 aromatic carbocycles. The van der Waals surface area contributed by atoms with Crippen molar-refractivity contribution in [3.05, 3.63) is 53.8 Å². The fourth-order valence-corrected chi connectivity index (χ4v) is 2.20. The smallest absolute Gasteiger partial charge is 0.231 e. The van der Waals surface area contributed by atoms with Crippen molar-refractivity contribution in [3.8, 4) is 11.5 Å². The van der Waals surface area contributed by atoms with E-state index in [1.807, 2.05) is 37.4 Å². The molecule has 104 valence electrons. The number of hydrogen-bond donors (Lipinski definition) is 0. The van der Waals surface area contributed by atoms with Crippen LogP contribution in [-0.4, -0.2) is 20.4 Å². The Kier molecular flexibility index (Phi) is 3.46. The van der Waals surface area contributed by atoms with Gasteiger partial charge in [0.05, 0.1) is 0 Å². The third-order valence-electron chi connectivity index (χ3n) is 3.45. The molecule has 2 aromatic rings. The highest BCUT2D eigenvalue weighted by molar-refractivity contribution is 5.56. The summed E-state index contributed by atoms with van der Waals surface area (Å²) < 4.78 is 23.5. The highest BCUT2D eigenvalue weighted by atomic mass is 19.1. The van der Waals surface area contributed by atoms with E-state index in [1.165, 1.54) is 12.1 Å². The maximum absolute atomic E-state index is 12.8. The Bertz CT molecular complexity index is 598. The van der Waals surface area contributed by atoms with Crippen LogP contribution < -0.4 is 14.4 Å². The van der Waals surface area contributed by atoms with Crippen LogP contribution in [0.4, 0.5) is 10.1 Å². The largest absolute Gasteiger partial charge is 0.454 e. The zero-order chi connectivity index (χ0) is 13.9. The average molecular weight is 273 g/mol. The summed E-state index contributed by atoms with van der Waals surface area (Å²) >= 11 is 0. The van der Waals surface area contributed by atoms with Crippen LogP contribution in [0.25, 0.3) is 0 Å². The summed E-state index contributed by atoms with van der Waals surface area (Å²) in [5, 5.41) is 0. The number of halogens is 1. The summed E-state index contributed by atoms with van der Waals surface area (Å²) in [7, 11) is 2.03. The van der Waals surface area contributed by atoms with Crippen LogP contribution in [0.15, 0.2) is 42.5 Å². The number of ether oxygens (including phenoxy) is 2. The van der Waals surface area contributed by atoms with Gasteiger partial charge in [-0.1, -0.05) is 12.1 Å². The van der Waals surface area contributed by atoms with Crippen molar-refractivity contribution in [3.63, 3.8) is 0 Å². The van der Waals surface area contributed by atoms with Gasteiger partial charge in [0.2, 0.25) is 6.79 Å². The van der Waals surface area contributed by atoms with E-state index in [0.717, 1.165) is 35.7 Å². The lowest BCUT2D eigenvalue weighted by Gasteiger charge is -2.19. The first-order chi connectivity index (χ1) is 9.72. The lowest BCUT2D eigenvalue weighted by atomic mass is 10.1. The lowest BCUT2D eigenvalue weighted by molar-refractivity contribution is 0.174. The van der Waals surface area contributed by atoms with Gasteiger partial charge < -0.3 is 14.4 Å². The summed E-state index contributed by atoms with van der Waals surface area (Å²) in [6.07, 6.45) is 0.866. The summed E-state index contributed by atoms with van der Waals surface area (Å²) in [6, 6.07) is 12.6. The van der Waals surface area contributed by atoms with E-state index >= 15 is 0 Å². The van der Waals surface area contributed by atoms with Gasteiger partial charge in [-0.05, 0) is 36.2 Å². The van der Waals surface area contributed by atoms with Crippen molar-refractivity contribution in [2.75, 3.05) is 25.3 Å². The predicted molar refractivity (Wildman–Crippen MR) is 75.9 cm³/mol. The molecule has 0 aliphatic carbocycles. The van der Waals surface area contributed by atoms with Gasteiger partial charge >= 0.3 is 0 Å². The van der Waals surface area contributed by atoms with Crippen LogP contribution in [0.1, 0.15) is 5.56 Å². The summed E-state index contributed by atoms with van der Waals surface area (Å²) in [4.78, 5) is 2.14. The number of likely N-dealkylation sites (N-methyl/N-ethyl adjacent to an activating group) is 1. The van der Waals surface area contributed by atoms with Gasteiger partial charge in [-0.25, -0.2) is 4.39 Å². The van der Waals surface area contributed by atoms with Gasteiger partial charge in [0, 0.05) is 25.3 Å². The van der Waals surface area contributed by atoms with Gasteiger partial charge in [-0.15, -0.1) is 0 Å². The zero-order valence-electron chi connectivity index (χ0n) is 11.3. The Hall–Kier alpha value is -2.23. The molecule has 1 aliphatic heterocycles. The molecule has 0 unspecified atom stereocenters. The standard InChI is InChI=1S/C16H16FNO2/c1-18(9-8-12-2-4-13(17)5-3-12)14-6-7-15-16(10-14)20-11-19-15/h2-7,10H,8-9,11H2,1H3. The molecule has 3 nitrogen and oxygen atoms in total. The molecule has 4 heteroatoms. The SMILES string of the molecule is CN(CCc1ccc(F)cc1)c1ccc2c(c1)OCO2. The average Bonchev–Trinajstić information content (AvgIpc) is 2.93. The molecule has 1 aliphatic rings. The third-order valence-corrected chi connectivity index (χ3v) is 3.45. The van der Waals surface area contributed by atoms with Crippen molar-refractivity contribution in [1.29, 1.82) is 0 Å². The number of hydrogen-bond acceptors (Lipinski definition) is 3. The van der Waals surface area contributed by atoms with Crippen LogP contribution in [0.2, 0.25) is 0 Å². The fraction of sp³-hybridized carbons (Fsp3) is 0.250. The molecule has 0 bridgehead atoms. The molecule has 0 atom stereocenters. The fourth-order valence-electron chi connectivity index (χ4n) is 2.20. The Morgan fingerprint density at radius 1 is 1.05 bits per heavy atom. The van der Waals surface area contributed by atoms with Crippen molar-refractivity contribution in [1.82, 2.24) is 0 Å². The van der Waals surface area contributed by atoms with E-state index < -0.39 is 0 Å². The minimum absolute atomic E-state index is 0.196. The summed E-state index contributed by atoms with van der Waals surface area (Å²) in [6.45, 7) is 1.14. The quantitative estimate of drug-likeness (QED) is 0.853. The molecule has 0 N–H and O–H groups in total. The lowest BCUT2D eigenvalue weighted by Crippen LogP contribution is -2.20. The Morgan fingerprint density at radius 3 is 2.60 bits per heavy atom. The first-order valence-electron chi connectivity index (χ1n) is 6.57. The van der Waals surface area contributed by atoms with Gasteiger partial charge in [0.15, 0.2) is 11.5 Å². The second kappa shape index (κ2) is 5.41. The van der Waals surface area contributed by atoms with E-state index in [9.17, 15) is 4.39 Å². The molecule has 3 rings (SSSR count). The molecule has 1 heterocycles. The maximum atomic E-state index is 12.8. The second-order valence-electron chi connectivity index (χ2n) is 4.84. The topological polar surface area (TPSA) is 21.7 Å². The number of rotatable bonds is 4. The van der Waals surface area contributed by atoms with E-state index in [0.29, 0.717) is 0 Å². The normalized spacial score (nSPS) is 12.5. The van der Waals surface area contributed by atoms with Crippen LogP contribution >= 0.6 is 0 Å². The number of benzene rings is 2. The third kappa shape index (κ3) is 2.69. The van der Waals surface area contributed by atoms with Gasteiger partial charge in [-0.3, -0.25) is 0 Å². The van der Waals surface area contributed by atoms with Crippen LogP contribution in [0.3, 0.4) is 0 Å². The maximum Gasteiger partial charge on any atom is 0.231 e. The number of nitrogens with zero attached hydrogens (tertiary/aromatic N) is 1. The number of fused-ring (bicyclic) bond motifs is 1. The molecule has 20 heavy (non-hydrogen) atoms. The van der Waals surface area contributed by atoms with Crippen molar-refractivity contribution >= 4 is 5.69 Å². The molecule has 0 saturated heterocycles. The van der Waals surface area contributed by atoms with E-state index in [-0.39, 0.29) is 12.6 Å². The molecule has 0 radical (unpaired) electrons. The highest BCUT2D eigenvalue weighted by Crippen LogP contribution is 2.35. The Labute approximate surface area is 117 Å². The van der Waals surface area contributed by atoms with Gasteiger partial charge in [0.25, 0.3) is 0 Å². The second-order valence-corrected chi connectivity index (χ2v) is 4.84. The predicted octanol–water partition coefficient (Wildman–Crippen LogP) is 3.23. The minimum Gasteiger partial charge on any atom is -0.454 e. The van der Waals surface area contributed by atoms with Crippen LogP contribution in [0, 0.1) is 5.82 Å². The molecule has 0 fully saturated rings. The first-order valence-corrected chi connectivity index (χ1v) is 6.57. The van der Waals surface area contributed by atoms with E-state index in [2.05, 4.69) is 4.90 Å². The molecular formula is C16H16FNO2. The van der Waals surface area contributed by atoms with Crippen LogP contribution in [0.5, 0.6) is 11.5 Å². The molecule has 0 saturated carbocycles.